The van der Waals surface area contributed by atoms with Crippen molar-refractivity contribution >= 4 is 6.03 Å². The zero-order valence-electron chi connectivity index (χ0n) is 13.8. The van der Waals surface area contributed by atoms with Crippen LogP contribution in [0.5, 0.6) is 0 Å². The van der Waals surface area contributed by atoms with Crippen molar-refractivity contribution in [3.05, 3.63) is 35.9 Å². The minimum Gasteiger partial charge on any atom is -0.375 e. The Morgan fingerprint density at radius 2 is 2.18 bits per heavy atom. The van der Waals surface area contributed by atoms with Gasteiger partial charge in [-0.15, -0.1) is 0 Å². The lowest BCUT2D eigenvalue weighted by Gasteiger charge is -2.32. The summed E-state index contributed by atoms with van der Waals surface area (Å²) in [4.78, 5) is 16.2. The Bertz CT molecular complexity index is 466. The van der Waals surface area contributed by atoms with Crippen molar-refractivity contribution in [3.63, 3.8) is 0 Å². The molecule has 5 heteroatoms. The van der Waals surface area contributed by atoms with E-state index in [2.05, 4.69) is 48.5 Å². The number of rotatable bonds is 5. The lowest BCUT2D eigenvalue weighted by atomic mass is 10.2. The van der Waals surface area contributed by atoms with E-state index < -0.39 is 0 Å². The Morgan fingerprint density at radius 3 is 2.86 bits per heavy atom. The quantitative estimate of drug-likeness (QED) is 0.904. The van der Waals surface area contributed by atoms with Crippen LogP contribution in [0.1, 0.15) is 19.4 Å². The molecule has 5 nitrogen and oxygen atoms in total. The smallest absolute Gasteiger partial charge is 0.317 e. The van der Waals surface area contributed by atoms with Gasteiger partial charge in [0.05, 0.1) is 12.7 Å². The molecule has 1 heterocycles. The third-order valence-corrected chi connectivity index (χ3v) is 4.10. The monoisotopic (exact) mass is 305 g/mol. The number of amides is 2. The highest BCUT2D eigenvalue weighted by Gasteiger charge is 2.21. The molecule has 0 radical (unpaired) electrons. The molecule has 2 rings (SSSR count). The number of carbonyl (C=O) groups excluding carboxylic acids is 1. The number of hydrogen-bond acceptors (Lipinski definition) is 3. The number of benzene rings is 1. The van der Waals surface area contributed by atoms with E-state index in [4.69, 9.17) is 4.74 Å². The summed E-state index contributed by atoms with van der Waals surface area (Å²) in [5, 5.41) is 3.03. The third kappa shape index (κ3) is 5.00. The summed E-state index contributed by atoms with van der Waals surface area (Å²) in [6, 6.07) is 10.7. The number of likely N-dealkylation sites (N-methyl/N-ethyl adjacent to an activating group) is 1. The Balaban J connectivity index is 1.74. The van der Waals surface area contributed by atoms with Crippen molar-refractivity contribution in [3.8, 4) is 0 Å². The molecule has 2 atom stereocenters. The predicted octanol–water partition coefficient (Wildman–Crippen LogP) is 1.94. The number of ether oxygens (including phenoxy) is 1. The summed E-state index contributed by atoms with van der Waals surface area (Å²) in [6.45, 7) is 7.61. The number of morpholine rings is 1. The number of nitrogens with one attached hydrogen (secondary N) is 1. The van der Waals surface area contributed by atoms with Gasteiger partial charge in [-0.3, -0.25) is 4.90 Å². The fraction of sp³-hybridized carbons (Fsp3) is 0.588. The van der Waals surface area contributed by atoms with E-state index in [1.54, 1.807) is 0 Å². The van der Waals surface area contributed by atoms with Crippen LogP contribution in [0.4, 0.5) is 4.79 Å². The predicted molar refractivity (Wildman–Crippen MR) is 87.8 cm³/mol. The van der Waals surface area contributed by atoms with Crippen LogP contribution in [0.3, 0.4) is 0 Å². The second-order valence-corrected chi connectivity index (χ2v) is 6.06. The molecule has 2 amide bonds. The van der Waals surface area contributed by atoms with Crippen LogP contribution in [-0.2, 0) is 11.3 Å². The topological polar surface area (TPSA) is 44.8 Å². The number of urea groups is 1. The highest BCUT2D eigenvalue weighted by Crippen LogP contribution is 2.07. The lowest BCUT2D eigenvalue weighted by molar-refractivity contribution is -0.00364. The Labute approximate surface area is 133 Å². The normalized spacial score (nSPS) is 20.0. The van der Waals surface area contributed by atoms with E-state index in [0.717, 1.165) is 6.54 Å². The summed E-state index contributed by atoms with van der Waals surface area (Å²) in [5.74, 6) is 0. The zero-order chi connectivity index (χ0) is 15.9. The molecule has 0 bridgehead atoms. The Kier molecular flexibility index (Phi) is 6.21. The van der Waals surface area contributed by atoms with E-state index in [1.165, 1.54) is 5.56 Å². The van der Waals surface area contributed by atoms with E-state index in [0.29, 0.717) is 26.2 Å². The van der Waals surface area contributed by atoms with Crippen LogP contribution in [0.2, 0.25) is 0 Å². The molecule has 122 valence electrons. The van der Waals surface area contributed by atoms with E-state index in [1.807, 2.05) is 17.9 Å². The molecule has 1 aromatic rings. The molecule has 0 saturated carbocycles. The highest BCUT2D eigenvalue weighted by atomic mass is 16.5. The van der Waals surface area contributed by atoms with Crippen LogP contribution < -0.4 is 5.32 Å². The van der Waals surface area contributed by atoms with Gasteiger partial charge in [-0.05, 0) is 26.5 Å². The van der Waals surface area contributed by atoms with Gasteiger partial charge in [-0.1, -0.05) is 30.3 Å². The summed E-state index contributed by atoms with van der Waals surface area (Å²) < 4.78 is 5.46. The van der Waals surface area contributed by atoms with Gasteiger partial charge in [0.25, 0.3) is 0 Å². The summed E-state index contributed by atoms with van der Waals surface area (Å²) >= 11 is 0. The number of carbonyl (C=O) groups is 1. The molecule has 1 aliphatic rings. The van der Waals surface area contributed by atoms with Crippen LogP contribution in [0, 0.1) is 0 Å². The van der Waals surface area contributed by atoms with Crippen LogP contribution in [0.25, 0.3) is 0 Å². The first kappa shape index (κ1) is 16.8. The van der Waals surface area contributed by atoms with Crippen LogP contribution in [-0.4, -0.2) is 61.3 Å². The summed E-state index contributed by atoms with van der Waals surface area (Å²) in [5.41, 5.74) is 1.28. The number of nitrogens with zero attached hydrogens (tertiary/aromatic N) is 2. The fourth-order valence-electron chi connectivity index (χ4n) is 2.53. The fourth-order valence-corrected chi connectivity index (χ4v) is 2.53. The molecule has 1 N–H and O–H groups in total. The van der Waals surface area contributed by atoms with Gasteiger partial charge in [0.2, 0.25) is 0 Å². The second kappa shape index (κ2) is 8.15. The maximum Gasteiger partial charge on any atom is 0.317 e. The molecule has 1 aliphatic heterocycles. The van der Waals surface area contributed by atoms with Crippen LogP contribution in [0.15, 0.2) is 30.3 Å². The van der Waals surface area contributed by atoms with Gasteiger partial charge in [0.15, 0.2) is 0 Å². The van der Waals surface area contributed by atoms with Crippen molar-refractivity contribution in [1.82, 2.24) is 15.1 Å². The largest absolute Gasteiger partial charge is 0.375 e. The van der Waals surface area contributed by atoms with E-state index in [-0.39, 0.29) is 18.2 Å². The van der Waals surface area contributed by atoms with Crippen molar-refractivity contribution in [1.29, 1.82) is 0 Å². The molecule has 0 spiro atoms. The van der Waals surface area contributed by atoms with Gasteiger partial charge in [0.1, 0.15) is 0 Å². The molecule has 22 heavy (non-hydrogen) atoms. The standard InChI is InChI=1S/C17H27N3O2/c1-14(19(3)13-16-7-5-4-6-8-16)11-18-17(21)20-9-10-22-15(2)12-20/h4-8,14-15H,9-13H2,1-3H3,(H,18,21)/t14-,15+/m0/s1. The van der Waals surface area contributed by atoms with Gasteiger partial charge in [0, 0.05) is 32.2 Å². The molecular weight excluding hydrogens is 278 g/mol. The van der Waals surface area contributed by atoms with E-state index >= 15 is 0 Å². The average molecular weight is 305 g/mol. The minimum atomic E-state index is 0.00936. The van der Waals surface area contributed by atoms with Gasteiger partial charge >= 0.3 is 6.03 Å². The molecule has 1 fully saturated rings. The highest BCUT2D eigenvalue weighted by molar-refractivity contribution is 5.74. The molecule has 1 aromatic carbocycles. The van der Waals surface area contributed by atoms with Gasteiger partial charge < -0.3 is 15.0 Å². The Hall–Kier alpha value is -1.59. The van der Waals surface area contributed by atoms with Crippen LogP contribution >= 0.6 is 0 Å². The van der Waals surface area contributed by atoms with Crippen molar-refractivity contribution < 1.29 is 9.53 Å². The van der Waals surface area contributed by atoms with Crippen molar-refractivity contribution in [2.24, 2.45) is 0 Å². The average Bonchev–Trinajstić information content (AvgIpc) is 2.53. The van der Waals surface area contributed by atoms with Gasteiger partial charge in [-0.2, -0.15) is 0 Å². The maximum atomic E-state index is 12.2. The first-order valence-electron chi connectivity index (χ1n) is 7.95. The van der Waals surface area contributed by atoms with Crippen molar-refractivity contribution in [2.45, 2.75) is 32.5 Å². The SMILES string of the molecule is C[C@@H]1CN(C(=O)NC[C@H](C)N(C)Cc2ccccc2)CCO1. The number of hydrogen-bond donors (Lipinski definition) is 1. The first-order chi connectivity index (χ1) is 10.6. The molecule has 0 aromatic heterocycles. The molecule has 0 unspecified atom stereocenters. The Morgan fingerprint density at radius 1 is 1.45 bits per heavy atom. The van der Waals surface area contributed by atoms with Gasteiger partial charge in [-0.25, -0.2) is 4.79 Å². The molecule has 1 saturated heterocycles. The van der Waals surface area contributed by atoms with Crippen molar-refractivity contribution in [2.75, 3.05) is 33.3 Å². The van der Waals surface area contributed by atoms with E-state index in [9.17, 15) is 4.79 Å². The molecule has 0 aliphatic carbocycles. The third-order valence-electron chi connectivity index (χ3n) is 4.10. The first-order valence-corrected chi connectivity index (χ1v) is 7.95. The minimum absolute atomic E-state index is 0.00936. The molecular formula is C17H27N3O2. The maximum absolute atomic E-state index is 12.2. The second-order valence-electron chi connectivity index (χ2n) is 6.06. The zero-order valence-corrected chi connectivity index (χ0v) is 13.8. The summed E-state index contributed by atoms with van der Waals surface area (Å²) in [6.07, 6.45) is 0.123. The summed E-state index contributed by atoms with van der Waals surface area (Å²) in [7, 11) is 2.08. The lowest BCUT2D eigenvalue weighted by Crippen LogP contribution is -2.51.